The van der Waals surface area contributed by atoms with Crippen LogP contribution in [0.2, 0.25) is 5.02 Å². The van der Waals surface area contributed by atoms with Gasteiger partial charge in [0.2, 0.25) is 0 Å². The van der Waals surface area contributed by atoms with Gasteiger partial charge in [0.15, 0.2) is 5.82 Å². The van der Waals surface area contributed by atoms with E-state index < -0.39 is 5.82 Å². The summed E-state index contributed by atoms with van der Waals surface area (Å²) in [7, 11) is 1.65. The molecule has 0 aliphatic rings. The molecule has 0 bridgehead atoms. The third-order valence-corrected chi connectivity index (χ3v) is 5.75. The molecule has 168 valence electrons. The Bertz CT molecular complexity index is 1480. The number of hydrogen-bond donors (Lipinski definition) is 1. The Labute approximate surface area is 201 Å². The van der Waals surface area contributed by atoms with Crippen LogP contribution in [0.25, 0.3) is 33.4 Å². The first-order valence-electron chi connectivity index (χ1n) is 10.6. The minimum Gasteiger partial charge on any atom is -0.497 e. The maximum Gasteiger partial charge on any atom is 0.163 e. The Balaban J connectivity index is 1.59. The average molecular weight is 471 g/mol. The SMILES string of the molecule is COc1cccc(-c2ccc3nc(-c4cccnc4)nc(NCc4ccc(F)c(Cl)c4)c3c2)c1. The summed E-state index contributed by atoms with van der Waals surface area (Å²) >= 11 is 5.96. The van der Waals surface area contributed by atoms with Gasteiger partial charge in [-0.05, 0) is 65.2 Å². The molecule has 0 spiro atoms. The van der Waals surface area contributed by atoms with Crippen molar-refractivity contribution >= 4 is 28.3 Å². The van der Waals surface area contributed by atoms with Crippen LogP contribution in [0.1, 0.15) is 5.56 Å². The van der Waals surface area contributed by atoms with Crippen molar-refractivity contribution in [3.63, 3.8) is 0 Å². The average Bonchev–Trinajstić information content (AvgIpc) is 2.89. The van der Waals surface area contributed by atoms with Crippen LogP contribution in [0, 0.1) is 5.82 Å². The molecule has 5 rings (SSSR count). The van der Waals surface area contributed by atoms with E-state index in [0.29, 0.717) is 18.2 Å². The number of rotatable bonds is 6. The Morgan fingerprint density at radius 1 is 0.912 bits per heavy atom. The van der Waals surface area contributed by atoms with Crippen molar-refractivity contribution in [2.24, 2.45) is 0 Å². The number of aromatic nitrogens is 3. The Kier molecular flexibility index (Phi) is 6.06. The highest BCUT2D eigenvalue weighted by atomic mass is 35.5. The standard InChI is InChI=1S/C27H20ClFN4O/c1-34-21-6-2-4-18(13-21)19-8-10-25-22(14-19)27(31-15-17-7-9-24(29)23(28)12-17)33-26(32-25)20-5-3-11-30-16-20/h2-14,16H,15H2,1H3,(H,31,32,33). The summed E-state index contributed by atoms with van der Waals surface area (Å²) in [6, 6.07) is 22.4. The lowest BCUT2D eigenvalue weighted by Gasteiger charge is -2.13. The molecular formula is C27H20ClFN4O. The fraction of sp³-hybridized carbons (Fsp3) is 0.0741. The quantitative estimate of drug-likeness (QED) is 0.296. The largest absolute Gasteiger partial charge is 0.497 e. The molecule has 0 unspecified atom stereocenters. The van der Waals surface area contributed by atoms with Gasteiger partial charge in [-0.25, -0.2) is 14.4 Å². The van der Waals surface area contributed by atoms with Gasteiger partial charge in [-0.15, -0.1) is 0 Å². The van der Waals surface area contributed by atoms with Crippen LogP contribution in [0.15, 0.2) is 85.2 Å². The third kappa shape index (κ3) is 4.54. The van der Waals surface area contributed by atoms with Crippen molar-refractivity contribution < 1.29 is 9.13 Å². The lowest BCUT2D eigenvalue weighted by atomic mass is 10.0. The predicted molar refractivity (Wildman–Crippen MR) is 133 cm³/mol. The zero-order chi connectivity index (χ0) is 23.5. The molecule has 34 heavy (non-hydrogen) atoms. The summed E-state index contributed by atoms with van der Waals surface area (Å²) in [5.74, 6) is 1.57. The number of methoxy groups -OCH3 is 1. The van der Waals surface area contributed by atoms with Gasteiger partial charge < -0.3 is 10.1 Å². The Morgan fingerprint density at radius 2 is 1.76 bits per heavy atom. The maximum absolute atomic E-state index is 13.6. The summed E-state index contributed by atoms with van der Waals surface area (Å²) in [5, 5.41) is 4.33. The first kappa shape index (κ1) is 21.8. The number of pyridine rings is 1. The number of benzene rings is 3. The summed E-state index contributed by atoms with van der Waals surface area (Å²) in [5.41, 5.74) is 4.48. The van der Waals surface area contributed by atoms with Crippen LogP contribution < -0.4 is 10.1 Å². The molecule has 0 aliphatic carbocycles. The van der Waals surface area contributed by atoms with E-state index in [0.717, 1.165) is 38.9 Å². The van der Waals surface area contributed by atoms with Crippen LogP contribution in [-0.2, 0) is 6.54 Å². The first-order valence-corrected chi connectivity index (χ1v) is 11.0. The number of ether oxygens (including phenoxy) is 1. The van der Waals surface area contributed by atoms with Crippen molar-refractivity contribution in [2.45, 2.75) is 6.54 Å². The lowest BCUT2D eigenvalue weighted by Crippen LogP contribution is -2.05. The monoisotopic (exact) mass is 470 g/mol. The predicted octanol–water partition coefficient (Wildman–Crippen LogP) is 6.77. The Morgan fingerprint density at radius 3 is 2.56 bits per heavy atom. The van der Waals surface area contributed by atoms with Crippen LogP contribution in [0.4, 0.5) is 10.2 Å². The van der Waals surface area contributed by atoms with Crippen LogP contribution >= 0.6 is 11.6 Å². The first-order chi connectivity index (χ1) is 16.6. The minimum atomic E-state index is -0.445. The summed E-state index contributed by atoms with van der Waals surface area (Å²) in [6.07, 6.45) is 3.44. The van der Waals surface area contributed by atoms with E-state index in [2.05, 4.69) is 16.4 Å². The highest BCUT2D eigenvalue weighted by Gasteiger charge is 2.12. The van der Waals surface area contributed by atoms with Gasteiger partial charge in [-0.1, -0.05) is 35.9 Å². The second-order valence-corrected chi connectivity index (χ2v) is 8.11. The van der Waals surface area contributed by atoms with E-state index in [4.69, 9.17) is 26.3 Å². The van der Waals surface area contributed by atoms with E-state index in [9.17, 15) is 4.39 Å². The molecule has 7 heteroatoms. The highest BCUT2D eigenvalue weighted by Crippen LogP contribution is 2.31. The fourth-order valence-corrected chi connectivity index (χ4v) is 3.91. The molecule has 1 N–H and O–H groups in total. The highest BCUT2D eigenvalue weighted by molar-refractivity contribution is 6.30. The van der Waals surface area contributed by atoms with Gasteiger partial charge >= 0.3 is 0 Å². The second kappa shape index (κ2) is 9.45. The van der Waals surface area contributed by atoms with Crippen molar-refractivity contribution in [3.8, 4) is 28.3 Å². The second-order valence-electron chi connectivity index (χ2n) is 7.70. The summed E-state index contributed by atoms with van der Waals surface area (Å²) in [4.78, 5) is 13.8. The van der Waals surface area contributed by atoms with Gasteiger partial charge in [0, 0.05) is 29.9 Å². The number of hydrogen-bond acceptors (Lipinski definition) is 5. The zero-order valence-corrected chi connectivity index (χ0v) is 19.1. The van der Waals surface area contributed by atoms with Crippen molar-refractivity contribution in [1.82, 2.24) is 15.0 Å². The molecule has 3 aromatic carbocycles. The molecular weight excluding hydrogens is 451 g/mol. The van der Waals surface area contributed by atoms with Gasteiger partial charge in [0.1, 0.15) is 17.4 Å². The Hall–Kier alpha value is -4.03. The van der Waals surface area contributed by atoms with Crippen LogP contribution in [0.3, 0.4) is 0 Å². The molecule has 0 aliphatic heterocycles. The molecule has 0 saturated heterocycles. The molecule has 0 atom stereocenters. The minimum absolute atomic E-state index is 0.0863. The normalized spacial score (nSPS) is 10.9. The molecule has 0 fully saturated rings. The van der Waals surface area contributed by atoms with Gasteiger partial charge in [-0.2, -0.15) is 0 Å². The van der Waals surface area contributed by atoms with E-state index in [1.165, 1.54) is 6.07 Å². The van der Waals surface area contributed by atoms with E-state index in [1.807, 2.05) is 48.5 Å². The number of nitrogens with zero attached hydrogens (tertiary/aromatic N) is 3. The van der Waals surface area contributed by atoms with E-state index >= 15 is 0 Å². The molecule has 0 saturated carbocycles. The lowest BCUT2D eigenvalue weighted by molar-refractivity contribution is 0.415. The number of fused-ring (bicyclic) bond motifs is 1. The van der Waals surface area contributed by atoms with Crippen LogP contribution in [-0.4, -0.2) is 22.1 Å². The number of nitrogens with one attached hydrogen (secondary N) is 1. The zero-order valence-electron chi connectivity index (χ0n) is 18.3. The molecule has 0 amide bonds. The van der Waals surface area contributed by atoms with Crippen LogP contribution in [0.5, 0.6) is 5.75 Å². The molecule has 2 aromatic heterocycles. The van der Waals surface area contributed by atoms with Crippen molar-refractivity contribution in [1.29, 1.82) is 0 Å². The van der Waals surface area contributed by atoms with Crippen molar-refractivity contribution in [3.05, 3.63) is 102 Å². The molecule has 2 heterocycles. The molecule has 5 nitrogen and oxygen atoms in total. The summed E-state index contributed by atoms with van der Waals surface area (Å²) < 4.78 is 19.0. The van der Waals surface area contributed by atoms with Gasteiger partial charge in [-0.3, -0.25) is 4.98 Å². The number of halogens is 2. The van der Waals surface area contributed by atoms with E-state index in [1.54, 1.807) is 31.6 Å². The fourth-order valence-electron chi connectivity index (χ4n) is 3.70. The molecule has 5 aromatic rings. The van der Waals surface area contributed by atoms with Gasteiger partial charge in [0.05, 0.1) is 17.6 Å². The summed E-state index contributed by atoms with van der Waals surface area (Å²) in [6.45, 7) is 0.419. The van der Waals surface area contributed by atoms with Gasteiger partial charge in [0.25, 0.3) is 0 Å². The maximum atomic E-state index is 13.6. The third-order valence-electron chi connectivity index (χ3n) is 5.46. The van der Waals surface area contributed by atoms with E-state index in [-0.39, 0.29) is 5.02 Å². The molecule has 0 radical (unpaired) electrons. The smallest absolute Gasteiger partial charge is 0.163 e. The number of anilines is 1. The van der Waals surface area contributed by atoms with Crippen molar-refractivity contribution in [2.75, 3.05) is 12.4 Å². The topological polar surface area (TPSA) is 59.9 Å².